The Bertz CT molecular complexity index is 1670. The van der Waals surface area contributed by atoms with Gasteiger partial charge in [0.1, 0.15) is 17.5 Å². The second-order valence-corrected chi connectivity index (χ2v) is 10.7. The summed E-state index contributed by atoms with van der Waals surface area (Å²) in [6.07, 6.45) is 1.07. The SMILES string of the molecule is COC(=O)c1ncoc1C[C@H](NC(=O)c1cc2ccccc2[nH]1)C(=O)N1CCN(C(c2ccccc2)c2ccccc2)CC1. The van der Waals surface area contributed by atoms with E-state index in [1.54, 1.807) is 11.0 Å². The van der Waals surface area contributed by atoms with Crippen molar-refractivity contribution < 1.29 is 23.5 Å². The summed E-state index contributed by atoms with van der Waals surface area (Å²) in [5.41, 5.74) is 3.48. The Morgan fingerprint density at radius 2 is 1.55 bits per heavy atom. The van der Waals surface area contributed by atoms with Crippen molar-refractivity contribution in [3.8, 4) is 0 Å². The van der Waals surface area contributed by atoms with Crippen LogP contribution in [0.2, 0.25) is 0 Å². The molecule has 5 aromatic rings. The average molecular weight is 592 g/mol. The van der Waals surface area contributed by atoms with E-state index < -0.39 is 17.9 Å². The minimum Gasteiger partial charge on any atom is -0.464 e. The molecule has 1 fully saturated rings. The number of aromatic amines is 1. The molecule has 3 heterocycles. The summed E-state index contributed by atoms with van der Waals surface area (Å²) in [5, 5.41) is 3.77. The number of benzene rings is 3. The lowest BCUT2D eigenvalue weighted by Gasteiger charge is -2.40. The molecule has 2 amide bonds. The first-order valence-corrected chi connectivity index (χ1v) is 14.5. The fraction of sp³-hybridized carbons (Fsp3) is 0.235. The number of ether oxygens (including phenoxy) is 1. The van der Waals surface area contributed by atoms with Crippen LogP contribution in [0.4, 0.5) is 0 Å². The number of para-hydroxylation sites is 1. The van der Waals surface area contributed by atoms with Crippen molar-refractivity contribution in [3.05, 3.63) is 126 Å². The zero-order valence-corrected chi connectivity index (χ0v) is 24.3. The number of aromatic nitrogens is 2. The van der Waals surface area contributed by atoms with Crippen molar-refractivity contribution in [1.29, 1.82) is 0 Å². The number of methoxy groups -OCH3 is 1. The first-order chi connectivity index (χ1) is 21.5. The molecule has 0 unspecified atom stereocenters. The zero-order valence-electron chi connectivity index (χ0n) is 24.3. The van der Waals surface area contributed by atoms with Crippen molar-refractivity contribution in [2.45, 2.75) is 18.5 Å². The second kappa shape index (κ2) is 13.0. The van der Waals surface area contributed by atoms with Crippen molar-refractivity contribution in [2.75, 3.05) is 33.3 Å². The first kappa shape index (κ1) is 28.9. The number of fused-ring (bicyclic) bond motifs is 1. The van der Waals surface area contributed by atoms with Gasteiger partial charge in [0.05, 0.1) is 13.2 Å². The molecule has 0 spiro atoms. The molecule has 1 aliphatic rings. The highest BCUT2D eigenvalue weighted by Crippen LogP contribution is 2.29. The fourth-order valence-electron chi connectivity index (χ4n) is 5.80. The Morgan fingerprint density at radius 3 is 2.18 bits per heavy atom. The van der Waals surface area contributed by atoms with Gasteiger partial charge in [-0.3, -0.25) is 14.5 Å². The molecule has 6 rings (SSSR count). The second-order valence-electron chi connectivity index (χ2n) is 10.7. The molecule has 1 aliphatic heterocycles. The number of piperazine rings is 1. The summed E-state index contributed by atoms with van der Waals surface area (Å²) < 4.78 is 10.3. The lowest BCUT2D eigenvalue weighted by molar-refractivity contribution is -0.135. The molecule has 44 heavy (non-hydrogen) atoms. The predicted octanol–water partition coefficient (Wildman–Crippen LogP) is 4.22. The Hall–Kier alpha value is -5.22. The standard InChI is InChI=1S/C34H33N5O5/c1-43-34(42)30-29(44-22-35-30)21-28(37-32(40)27-20-25-14-8-9-15-26(25)36-27)33(41)39-18-16-38(17-19-39)31(23-10-4-2-5-11-23)24-12-6-3-7-13-24/h2-15,20,22,28,31,36H,16-19,21H2,1H3,(H,37,40)/t28-/m0/s1. The van der Waals surface area contributed by atoms with Gasteiger partial charge >= 0.3 is 5.97 Å². The van der Waals surface area contributed by atoms with Crippen LogP contribution < -0.4 is 5.32 Å². The Morgan fingerprint density at radius 1 is 0.909 bits per heavy atom. The normalized spacial score (nSPS) is 14.5. The van der Waals surface area contributed by atoms with Gasteiger partial charge in [-0.1, -0.05) is 78.9 Å². The third-order valence-electron chi connectivity index (χ3n) is 8.01. The van der Waals surface area contributed by atoms with E-state index >= 15 is 0 Å². The van der Waals surface area contributed by atoms with Gasteiger partial charge in [0.25, 0.3) is 5.91 Å². The molecular formula is C34H33N5O5. The van der Waals surface area contributed by atoms with Gasteiger partial charge < -0.3 is 24.4 Å². The predicted molar refractivity (Wildman–Crippen MR) is 164 cm³/mol. The lowest BCUT2D eigenvalue weighted by Crippen LogP contribution is -2.56. The minimum atomic E-state index is -1.00. The molecule has 3 aromatic carbocycles. The summed E-state index contributed by atoms with van der Waals surface area (Å²) in [5.74, 6) is -1.22. The van der Waals surface area contributed by atoms with E-state index in [4.69, 9.17) is 9.15 Å². The molecule has 0 saturated carbocycles. The van der Waals surface area contributed by atoms with E-state index in [0.717, 1.165) is 17.3 Å². The van der Waals surface area contributed by atoms with Crippen LogP contribution in [-0.2, 0) is 16.0 Å². The van der Waals surface area contributed by atoms with Gasteiger partial charge in [-0.05, 0) is 23.3 Å². The van der Waals surface area contributed by atoms with Gasteiger partial charge in [0.15, 0.2) is 12.1 Å². The number of nitrogens with one attached hydrogen (secondary N) is 2. The topological polar surface area (TPSA) is 121 Å². The molecule has 1 saturated heterocycles. The summed E-state index contributed by atoms with van der Waals surface area (Å²) in [7, 11) is 1.25. The third kappa shape index (κ3) is 6.11. The van der Waals surface area contributed by atoms with Gasteiger partial charge in [-0.25, -0.2) is 9.78 Å². The molecule has 1 atom stereocenters. The van der Waals surface area contributed by atoms with E-state index in [9.17, 15) is 14.4 Å². The Kier molecular flexibility index (Phi) is 8.51. The van der Waals surface area contributed by atoms with Crippen LogP contribution in [0.25, 0.3) is 10.9 Å². The number of carbonyl (C=O) groups is 3. The van der Waals surface area contributed by atoms with Crippen LogP contribution in [0.1, 0.15) is 43.9 Å². The van der Waals surface area contributed by atoms with Gasteiger partial charge in [0.2, 0.25) is 5.91 Å². The summed E-state index contributed by atoms with van der Waals surface area (Å²) in [4.78, 5) is 51.0. The minimum absolute atomic E-state index is 0.0245. The maximum atomic E-state index is 14.0. The molecule has 0 radical (unpaired) electrons. The van der Waals surface area contributed by atoms with Gasteiger partial charge in [0, 0.05) is 43.5 Å². The molecule has 224 valence electrons. The molecule has 2 N–H and O–H groups in total. The molecule has 10 heteroatoms. The summed E-state index contributed by atoms with van der Waals surface area (Å²) in [6, 6.07) is 29.0. The highest BCUT2D eigenvalue weighted by molar-refractivity contribution is 6.00. The first-order valence-electron chi connectivity index (χ1n) is 14.5. The molecule has 10 nitrogen and oxygen atoms in total. The molecular weight excluding hydrogens is 558 g/mol. The van der Waals surface area contributed by atoms with Crippen molar-refractivity contribution in [2.24, 2.45) is 0 Å². The number of rotatable bonds is 9. The number of esters is 1. The average Bonchev–Trinajstić information content (AvgIpc) is 3.73. The number of carbonyl (C=O) groups excluding carboxylic acids is 3. The maximum Gasteiger partial charge on any atom is 0.360 e. The highest BCUT2D eigenvalue weighted by Gasteiger charge is 2.34. The number of hydrogen-bond acceptors (Lipinski definition) is 7. The van der Waals surface area contributed by atoms with Crippen molar-refractivity contribution in [1.82, 2.24) is 25.1 Å². The number of nitrogens with zero attached hydrogens (tertiary/aromatic N) is 3. The quantitative estimate of drug-likeness (QED) is 0.246. The number of amides is 2. The van der Waals surface area contributed by atoms with E-state index in [1.165, 1.54) is 18.2 Å². The van der Waals surface area contributed by atoms with Crippen LogP contribution in [-0.4, -0.2) is 76.9 Å². The number of H-pyrrole nitrogens is 1. The maximum absolute atomic E-state index is 14.0. The van der Waals surface area contributed by atoms with E-state index in [2.05, 4.69) is 44.5 Å². The number of hydrogen-bond donors (Lipinski definition) is 2. The lowest BCUT2D eigenvalue weighted by atomic mass is 9.96. The zero-order chi connectivity index (χ0) is 30.5. The van der Waals surface area contributed by atoms with Crippen LogP contribution in [0, 0.1) is 0 Å². The monoisotopic (exact) mass is 591 g/mol. The van der Waals surface area contributed by atoms with Crippen LogP contribution in [0.15, 0.2) is 102 Å². The molecule has 0 aliphatic carbocycles. The van der Waals surface area contributed by atoms with Gasteiger partial charge in [-0.15, -0.1) is 0 Å². The van der Waals surface area contributed by atoms with Crippen LogP contribution in [0.5, 0.6) is 0 Å². The van der Waals surface area contributed by atoms with E-state index in [1.807, 2.05) is 60.7 Å². The molecule has 2 aromatic heterocycles. The van der Waals surface area contributed by atoms with Crippen molar-refractivity contribution in [3.63, 3.8) is 0 Å². The Balaban J connectivity index is 1.22. The van der Waals surface area contributed by atoms with Crippen molar-refractivity contribution >= 4 is 28.7 Å². The smallest absolute Gasteiger partial charge is 0.360 e. The fourth-order valence-corrected chi connectivity index (χ4v) is 5.80. The third-order valence-corrected chi connectivity index (χ3v) is 8.01. The largest absolute Gasteiger partial charge is 0.464 e. The summed E-state index contributed by atoms with van der Waals surface area (Å²) in [6.45, 7) is 2.21. The Labute approximate surface area is 254 Å². The number of oxazole rings is 1. The van der Waals surface area contributed by atoms with Gasteiger partial charge in [-0.2, -0.15) is 0 Å². The van der Waals surface area contributed by atoms with E-state index in [-0.39, 0.29) is 29.8 Å². The molecule has 0 bridgehead atoms. The van der Waals surface area contributed by atoms with Crippen LogP contribution >= 0.6 is 0 Å². The van der Waals surface area contributed by atoms with Crippen LogP contribution in [0.3, 0.4) is 0 Å². The highest BCUT2D eigenvalue weighted by atomic mass is 16.5. The summed E-state index contributed by atoms with van der Waals surface area (Å²) >= 11 is 0. The van der Waals surface area contributed by atoms with E-state index in [0.29, 0.717) is 31.9 Å².